The van der Waals surface area contributed by atoms with Gasteiger partial charge in [-0.05, 0) is 31.5 Å². The normalized spacial score (nSPS) is 13.0. The van der Waals surface area contributed by atoms with Crippen molar-refractivity contribution >= 4 is 35.1 Å². The second-order valence-electron chi connectivity index (χ2n) is 3.98. The zero-order valence-electron chi connectivity index (χ0n) is 11.0. The van der Waals surface area contributed by atoms with Crippen LogP contribution in [0.25, 0.3) is 0 Å². The fraction of sp³-hybridized carbons (Fsp3) is 0.385. The van der Waals surface area contributed by atoms with E-state index in [-0.39, 0.29) is 18.0 Å². The lowest BCUT2D eigenvalue weighted by Gasteiger charge is -2.10. The minimum Gasteiger partial charge on any atom is -0.468 e. The van der Waals surface area contributed by atoms with Crippen molar-refractivity contribution in [3.63, 3.8) is 0 Å². The topological polar surface area (TPSA) is 50.7 Å². The number of halogens is 2. The second-order valence-corrected chi connectivity index (χ2v) is 4.79. The van der Waals surface area contributed by atoms with Crippen molar-refractivity contribution in [3.05, 3.63) is 33.8 Å². The van der Waals surface area contributed by atoms with Gasteiger partial charge in [-0.15, -0.1) is 0 Å². The number of hydrogen-bond acceptors (Lipinski definition) is 3. The summed E-state index contributed by atoms with van der Waals surface area (Å²) in [5.41, 5.74) is 0.392. The Morgan fingerprint density at radius 3 is 2.63 bits per heavy atom. The van der Waals surface area contributed by atoms with Gasteiger partial charge in [-0.3, -0.25) is 10.1 Å². The van der Waals surface area contributed by atoms with Crippen molar-refractivity contribution < 1.29 is 9.53 Å². The number of hydrogen-bond donors (Lipinski definition) is 1. The average molecular weight is 303 g/mol. The number of amides is 1. The maximum atomic E-state index is 12.0. The van der Waals surface area contributed by atoms with E-state index in [4.69, 9.17) is 27.9 Å². The van der Waals surface area contributed by atoms with Crippen LogP contribution in [-0.4, -0.2) is 25.1 Å². The molecule has 0 aliphatic rings. The van der Waals surface area contributed by atoms with Gasteiger partial charge < -0.3 is 4.74 Å². The third-order valence-electron chi connectivity index (χ3n) is 2.52. The monoisotopic (exact) mass is 302 g/mol. The van der Waals surface area contributed by atoms with E-state index >= 15 is 0 Å². The molecular formula is C13H16Cl2N2O2. The highest BCUT2D eigenvalue weighted by atomic mass is 35.5. The van der Waals surface area contributed by atoms with E-state index < -0.39 is 0 Å². The molecule has 1 aromatic rings. The van der Waals surface area contributed by atoms with Crippen LogP contribution in [0.5, 0.6) is 0 Å². The third kappa shape index (κ3) is 4.73. The number of ether oxygens (including phenoxy) is 1. The molecule has 0 saturated carbocycles. The van der Waals surface area contributed by atoms with Crippen LogP contribution >= 0.6 is 23.2 Å². The van der Waals surface area contributed by atoms with Crippen LogP contribution in [0.15, 0.2) is 23.2 Å². The minimum atomic E-state index is -0.345. The number of nitrogens with zero attached hydrogens (tertiary/aromatic N) is 1. The zero-order valence-corrected chi connectivity index (χ0v) is 12.5. The molecule has 4 nitrogen and oxygen atoms in total. The maximum absolute atomic E-state index is 12.0. The first-order valence-corrected chi connectivity index (χ1v) is 6.61. The Morgan fingerprint density at radius 2 is 2.11 bits per heavy atom. The van der Waals surface area contributed by atoms with E-state index in [0.717, 1.165) is 6.42 Å². The van der Waals surface area contributed by atoms with Gasteiger partial charge >= 0.3 is 0 Å². The van der Waals surface area contributed by atoms with Crippen molar-refractivity contribution in [1.29, 1.82) is 0 Å². The van der Waals surface area contributed by atoms with E-state index in [1.54, 1.807) is 12.1 Å². The van der Waals surface area contributed by atoms with Crippen molar-refractivity contribution in [1.82, 2.24) is 5.32 Å². The molecule has 0 fully saturated rings. The predicted molar refractivity (Wildman–Crippen MR) is 78.1 cm³/mol. The Labute approximate surface area is 122 Å². The molecule has 0 spiro atoms. The molecule has 6 heteroatoms. The quantitative estimate of drug-likeness (QED) is 0.686. The largest absolute Gasteiger partial charge is 0.468 e. The molecule has 1 atom stereocenters. The lowest BCUT2D eigenvalue weighted by atomic mass is 10.2. The molecule has 0 bridgehead atoms. The summed E-state index contributed by atoms with van der Waals surface area (Å²) in [6.45, 7) is 3.94. The first-order chi connectivity index (χ1) is 8.97. The molecule has 0 unspecified atom stereocenters. The number of nitrogens with one attached hydrogen (secondary N) is 1. The van der Waals surface area contributed by atoms with Crippen LogP contribution < -0.4 is 5.32 Å². The first kappa shape index (κ1) is 15.8. The van der Waals surface area contributed by atoms with Gasteiger partial charge in [0.1, 0.15) is 0 Å². The highest BCUT2D eigenvalue weighted by molar-refractivity contribution is 6.42. The highest BCUT2D eigenvalue weighted by Gasteiger charge is 2.11. The van der Waals surface area contributed by atoms with Crippen molar-refractivity contribution in [2.45, 2.75) is 26.3 Å². The van der Waals surface area contributed by atoms with Gasteiger partial charge in [0.25, 0.3) is 11.9 Å². The van der Waals surface area contributed by atoms with Gasteiger partial charge in [0.05, 0.1) is 23.2 Å². The van der Waals surface area contributed by atoms with E-state index in [2.05, 4.69) is 10.3 Å². The smallest absolute Gasteiger partial charge is 0.291 e. The van der Waals surface area contributed by atoms with Crippen molar-refractivity contribution in [2.24, 2.45) is 4.99 Å². The Hall–Kier alpha value is -1.26. The van der Waals surface area contributed by atoms with Crippen LogP contribution in [0.4, 0.5) is 0 Å². The average Bonchev–Trinajstić information content (AvgIpc) is 2.40. The number of amidine groups is 1. The number of methoxy groups -OCH3 is 1. The second kappa shape index (κ2) is 7.36. The third-order valence-corrected chi connectivity index (χ3v) is 3.26. The molecule has 0 aliphatic heterocycles. The molecule has 0 aliphatic carbocycles. The van der Waals surface area contributed by atoms with Gasteiger partial charge in [0.15, 0.2) is 0 Å². The molecule has 1 N–H and O–H groups in total. The molecular weight excluding hydrogens is 287 g/mol. The predicted octanol–water partition coefficient (Wildman–Crippen LogP) is 3.52. The summed E-state index contributed by atoms with van der Waals surface area (Å²) >= 11 is 11.7. The Kier molecular flexibility index (Phi) is 6.12. The summed E-state index contributed by atoms with van der Waals surface area (Å²) in [5.74, 6) is -0.345. The van der Waals surface area contributed by atoms with E-state index in [9.17, 15) is 4.79 Å². The Morgan fingerprint density at radius 1 is 1.42 bits per heavy atom. The van der Waals surface area contributed by atoms with Crippen molar-refractivity contribution in [2.75, 3.05) is 7.11 Å². The Bertz CT molecular complexity index is 490. The van der Waals surface area contributed by atoms with E-state index in [1.807, 2.05) is 13.8 Å². The van der Waals surface area contributed by atoms with Gasteiger partial charge in [-0.2, -0.15) is 0 Å². The summed E-state index contributed by atoms with van der Waals surface area (Å²) in [5, 5.41) is 3.31. The number of carbonyl (C=O) groups excluding carboxylic acids is 1. The zero-order chi connectivity index (χ0) is 14.4. The number of benzene rings is 1. The number of rotatable bonds is 3. The molecule has 104 valence electrons. The molecule has 1 aromatic carbocycles. The molecule has 0 heterocycles. The first-order valence-electron chi connectivity index (χ1n) is 5.86. The summed E-state index contributed by atoms with van der Waals surface area (Å²) in [7, 11) is 1.45. The molecule has 0 radical (unpaired) electrons. The lowest BCUT2D eigenvalue weighted by Crippen LogP contribution is -2.32. The van der Waals surface area contributed by atoms with Crippen molar-refractivity contribution in [3.8, 4) is 0 Å². The molecule has 1 rings (SSSR count). The molecule has 19 heavy (non-hydrogen) atoms. The van der Waals surface area contributed by atoms with E-state index in [0.29, 0.717) is 15.6 Å². The van der Waals surface area contributed by atoms with Crippen LogP contribution in [0.2, 0.25) is 10.0 Å². The molecule has 0 aromatic heterocycles. The summed E-state index contributed by atoms with van der Waals surface area (Å²) in [6, 6.07) is 4.90. The Balaban J connectivity index is 2.83. The highest BCUT2D eigenvalue weighted by Crippen LogP contribution is 2.22. The van der Waals surface area contributed by atoms with Gasteiger partial charge in [0, 0.05) is 5.56 Å². The van der Waals surface area contributed by atoms with Crippen LogP contribution in [-0.2, 0) is 4.74 Å². The number of carbonyl (C=O) groups is 1. The van der Waals surface area contributed by atoms with Crippen LogP contribution in [0.1, 0.15) is 30.6 Å². The minimum absolute atomic E-state index is 0.0732. The fourth-order valence-corrected chi connectivity index (χ4v) is 1.53. The summed E-state index contributed by atoms with van der Waals surface area (Å²) in [6.07, 6.45) is 0.857. The number of aliphatic imine (C=N–C) groups is 1. The molecule has 0 saturated heterocycles. The van der Waals surface area contributed by atoms with Gasteiger partial charge in [-0.1, -0.05) is 30.1 Å². The van der Waals surface area contributed by atoms with Gasteiger partial charge in [0.2, 0.25) is 0 Å². The standard InChI is InChI=1S/C13H16Cl2N2O2/c1-4-8(2)16-13(19-3)17-12(18)9-5-6-10(14)11(15)7-9/h5-8H,4H2,1-3H3,(H,16,17,18)/t8-/m0/s1. The molecule has 1 amide bonds. The SMILES string of the molecule is CC[C@H](C)N=C(NC(=O)c1ccc(Cl)c(Cl)c1)OC. The maximum Gasteiger partial charge on any atom is 0.291 e. The van der Waals surface area contributed by atoms with Crippen LogP contribution in [0, 0.1) is 0 Å². The van der Waals surface area contributed by atoms with Crippen LogP contribution in [0.3, 0.4) is 0 Å². The fourth-order valence-electron chi connectivity index (χ4n) is 1.23. The van der Waals surface area contributed by atoms with Gasteiger partial charge in [-0.25, -0.2) is 4.99 Å². The lowest BCUT2D eigenvalue weighted by molar-refractivity contribution is 0.0968. The van der Waals surface area contributed by atoms with E-state index in [1.165, 1.54) is 13.2 Å². The summed E-state index contributed by atoms with van der Waals surface area (Å²) < 4.78 is 5.03. The summed E-state index contributed by atoms with van der Waals surface area (Å²) in [4.78, 5) is 16.2.